The monoisotopic (exact) mass is 387 g/mol. The molecule has 1 N–H and O–H groups in total. The van der Waals surface area contributed by atoms with E-state index in [1.807, 2.05) is 12.1 Å². The minimum Gasteiger partial charge on any atom is -0.481 e. The van der Waals surface area contributed by atoms with E-state index in [4.69, 9.17) is 5.11 Å². The Kier molecular flexibility index (Phi) is 5.63. The van der Waals surface area contributed by atoms with Gasteiger partial charge in [0.05, 0.1) is 5.92 Å². The number of carboxylic acids is 1. The summed E-state index contributed by atoms with van der Waals surface area (Å²) in [6.45, 7) is 9.33. The van der Waals surface area contributed by atoms with E-state index in [2.05, 4.69) is 37.8 Å². The Morgan fingerprint density at radius 2 is 1.54 bits per heavy atom. The van der Waals surface area contributed by atoms with Crippen molar-refractivity contribution in [2.45, 2.75) is 32.6 Å². The lowest BCUT2D eigenvalue weighted by atomic mass is 9.85. The van der Waals surface area contributed by atoms with Gasteiger partial charge >= 0.3 is 17.8 Å². The SMILES string of the molecule is CC(C)(C)c1ccccc1N1CCN(C(=O)C(=O)N2CCC(C(=O)O)C2)CC1. The van der Waals surface area contributed by atoms with Crippen molar-refractivity contribution in [3.63, 3.8) is 0 Å². The van der Waals surface area contributed by atoms with Crippen LogP contribution in [-0.2, 0) is 19.8 Å². The first-order chi connectivity index (χ1) is 13.2. The van der Waals surface area contributed by atoms with E-state index >= 15 is 0 Å². The van der Waals surface area contributed by atoms with Crippen LogP contribution in [0.5, 0.6) is 0 Å². The normalized spacial score (nSPS) is 20.4. The summed E-state index contributed by atoms with van der Waals surface area (Å²) in [6.07, 6.45) is 0.408. The third-order valence-corrected chi connectivity index (χ3v) is 5.63. The Morgan fingerprint density at radius 3 is 2.11 bits per heavy atom. The number of amides is 2. The highest BCUT2D eigenvalue weighted by Gasteiger charge is 2.36. The number of carbonyl (C=O) groups is 3. The van der Waals surface area contributed by atoms with Crippen molar-refractivity contribution in [2.75, 3.05) is 44.2 Å². The van der Waals surface area contributed by atoms with Crippen LogP contribution in [0.25, 0.3) is 0 Å². The molecule has 2 aliphatic heterocycles. The van der Waals surface area contributed by atoms with Gasteiger partial charge < -0.3 is 19.8 Å². The van der Waals surface area contributed by atoms with Crippen LogP contribution in [0.2, 0.25) is 0 Å². The first-order valence-corrected chi connectivity index (χ1v) is 9.84. The number of likely N-dealkylation sites (tertiary alicyclic amines) is 1. The molecule has 152 valence electrons. The van der Waals surface area contributed by atoms with E-state index in [1.54, 1.807) is 4.90 Å². The summed E-state index contributed by atoms with van der Waals surface area (Å²) in [7, 11) is 0. The molecule has 0 saturated carbocycles. The molecule has 2 heterocycles. The van der Waals surface area contributed by atoms with Gasteiger partial charge in [-0.2, -0.15) is 0 Å². The Hall–Kier alpha value is -2.57. The lowest BCUT2D eigenvalue weighted by Gasteiger charge is -2.38. The molecule has 0 aliphatic carbocycles. The zero-order valence-corrected chi connectivity index (χ0v) is 16.9. The molecule has 2 amide bonds. The van der Waals surface area contributed by atoms with E-state index < -0.39 is 23.7 Å². The fourth-order valence-corrected chi connectivity index (χ4v) is 3.95. The Balaban J connectivity index is 1.61. The topological polar surface area (TPSA) is 81.2 Å². The van der Waals surface area contributed by atoms with Crippen LogP contribution in [-0.4, -0.2) is 72.0 Å². The molecule has 1 atom stereocenters. The first-order valence-electron chi connectivity index (χ1n) is 9.84. The van der Waals surface area contributed by atoms with Gasteiger partial charge in [0, 0.05) is 45.0 Å². The second-order valence-electron chi connectivity index (χ2n) is 8.62. The molecule has 2 aliphatic rings. The van der Waals surface area contributed by atoms with Gasteiger partial charge in [-0.3, -0.25) is 14.4 Å². The van der Waals surface area contributed by atoms with E-state index in [0.717, 1.165) is 0 Å². The largest absolute Gasteiger partial charge is 0.481 e. The minimum atomic E-state index is -0.908. The predicted octanol–water partition coefficient (Wildman–Crippen LogP) is 1.57. The molecule has 1 aromatic rings. The molecule has 28 heavy (non-hydrogen) atoms. The second-order valence-corrected chi connectivity index (χ2v) is 8.62. The quantitative estimate of drug-likeness (QED) is 0.779. The Labute approximate surface area is 165 Å². The molecule has 7 heteroatoms. The summed E-state index contributed by atoms with van der Waals surface area (Å²) in [6, 6.07) is 8.32. The van der Waals surface area contributed by atoms with Crippen LogP contribution in [0.15, 0.2) is 24.3 Å². The van der Waals surface area contributed by atoms with Crippen LogP contribution in [0.4, 0.5) is 5.69 Å². The number of piperazine rings is 1. The zero-order valence-electron chi connectivity index (χ0n) is 16.9. The van der Waals surface area contributed by atoms with Crippen molar-refractivity contribution in [3.05, 3.63) is 29.8 Å². The van der Waals surface area contributed by atoms with Gasteiger partial charge in [0.1, 0.15) is 0 Å². The highest BCUT2D eigenvalue weighted by molar-refractivity contribution is 6.35. The van der Waals surface area contributed by atoms with Gasteiger partial charge in [-0.25, -0.2) is 0 Å². The summed E-state index contributed by atoms with van der Waals surface area (Å²) < 4.78 is 0. The minimum absolute atomic E-state index is 0.0238. The second kappa shape index (κ2) is 7.81. The van der Waals surface area contributed by atoms with Crippen molar-refractivity contribution < 1.29 is 19.5 Å². The summed E-state index contributed by atoms with van der Waals surface area (Å²) in [5.74, 6) is -2.57. The maximum atomic E-state index is 12.6. The lowest BCUT2D eigenvalue weighted by Crippen LogP contribution is -2.53. The number of aliphatic carboxylic acids is 1. The van der Waals surface area contributed by atoms with Gasteiger partial charge in [-0.1, -0.05) is 39.0 Å². The van der Waals surface area contributed by atoms with Crippen LogP contribution in [0, 0.1) is 5.92 Å². The Morgan fingerprint density at radius 1 is 0.929 bits per heavy atom. The average Bonchev–Trinajstić information content (AvgIpc) is 3.17. The van der Waals surface area contributed by atoms with Crippen molar-refractivity contribution in [3.8, 4) is 0 Å². The highest BCUT2D eigenvalue weighted by Crippen LogP contribution is 2.32. The smallest absolute Gasteiger partial charge is 0.312 e. The lowest BCUT2D eigenvalue weighted by molar-refractivity contribution is -0.151. The molecular weight excluding hydrogens is 358 g/mol. The maximum Gasteiger partial charge on any atom is 0.312 e. The molecule has 2 fully saturated rings. The van der Waals surface area contributed by atoms with Crippen LogP contribution < -0.4 is 4.90 Å². The number of carbonyl (C=O) groups excluding carboxylic acids is 2. The Bertz CT molecular complexity index is 763. The molecule has 0 aromatic heterocycles. The number of hydrogen-bond donors (Lipinski definition) is 1. The molecule has 3 rings (SSSR count). The van der Waals surface area contributed by atoms with E-state index in [0.29, 0.717) is 39.1 Å². The number of anilines is 1. The van der Waals surface area contributed by atoms with Crippen LogP contribution >= 0.6 is 0 Å². The molecule has 7 nitrogen and oxygen atoms in total. The fourth-order valence-electron chi connectivity index (χ4n) is 3.95. The van der Waals surface area contributed by atoms with E-state index in [-0.39, 0.29) is 12.0 Å². The fraction of sp³-hybridized carbons (Fsp3) is 0.571. The van der Waals surface area contributed by atoms with Gasteiger partial charge in [0.2, 0.25) is 0 Å². The third kappa shape index (κ3) is 4.13. The molecule has 0 spiro atoms. The summed E-state index contributed by atoms with van der Waals surface area (Å²) in [4.78, 5) is 41.4. The molecule has 1 aromatic carbocycles. The molecular formula is C21H29N3O4. The van der Waals surface area contributed by atoms with Crippen LogP contribution in [0.1, 0.15) is 32.8 Å². The summed E-state index contributed by atoms with van der Waals surface area (Å²) >= 11 is 0. The number of nitrogens with zero attached hydrogens (tertiary/aromatic N) is 3. The van der Waals surface area contributed by atoms with Gasteiger partial charge in [0.25, 0.3) is 0 Å². The summed E-state index contributed by atoms with van der Waals surface area (Å²) in [5.41, 5.74) is 2.47. The maximum absolute atomic E-state index is 12.6. The van der Waals surface area contributed by atoms with Crippen molar-refractivity contribution >= 4 is 23.5 Å². The van der Waals surface area contributed by atoms with Crippen LogP contribution in [0.3, 0.4) is 0 Å². The van der Waals surface area contributed by atoms with E-state index in [1.165, 1.54) is 16.2 Å². The standard InChI is InChI=1S/C21H29N3O4/c1-21(2,3)16-6-4-5-7-17(16)22-10-12-23(13-11-22)18(25)19(26)24-9-8-15(14-24)20(27)28/h4-7,15H,8-14H2,1-3H3,(H,27,28). The zero-order chi connectivity index (χ0) is 20.5. The van der Waals surface area contributed by atoms with Crippen molar-refractivity contribution in [1.29, 1.82) is 0 Å². The number of benzene rings is 1. The number of para-hydroxylation sites is 1. The van der Waals surface area contributed by atoms with Gasteiger partial charge in [0.15, 0.2) is 0 Å². The van der Waals surface area contributed by atoms with Gasteiger partial charge in [-0.15, -0.1) is 0 Å². The highest BCUT2D eigenvalue weighted by atomic mass is 16.4. The molecule has 0 bridgehead atoms. The van der Waals surface area contributed by atoms with Gasteiger partial charge in [-0.05, 0) is 23.5 Å². The molecule has 0 radical (unpaired) electrons. The molecule has 1 unspecified atom stereocenters. The first kappa shape index (κ1) is 20.2. The van der Waals surface area contributed by atoms with Crippen molar-refractivity contribution in [2.24, 2.45) is 5.92 Å². The third-order valence-electron chi connectivity index (χ3n) is 5.63. The average molecular weight is 387 g/mol. The molecule has 2 saturated heterocycles. The van der Waals surface area contributed by atoms with E-state index in [9.17, 15) is 14.4 Å². The predicted molar refractivity (Wildman–Crippen MR) is 106 cm³/mol. The number of hydrogen-bond acceptors (Lipinski definition) is 4. The van der Waals surface area contributed by atoms with Crippen molar-refractivity contribution in [1.82, 2.24) is 9.80 Å². The number of carboxylic acid groups (broad SMARTS) is 1. The number of rotatable bonds is 2. The summed E-state index contributed by atoms with van der Waals surface area (Å²) in [5, 5.41) is 9.08.